The van der Waals surface area contributed by atoms with Gasteiger partial charge in [0.1, 0.15) is 0 Å². The van der Waals surface area contributed by atoms with Crippen molar-refractivity contribution < 1.29 is 18.1 Å². The molecule has 4 rings (SSSR count). The van der Waals surface area contributed by atoms with Crippen molar-refractivity contribution in [3.63, 3.8) is 0 Å². The molecule has 2 aliphatic rings. The van der Waals surface area contributed by atoms with Gasteiger partial charge in [-0.1, -0.05) is 36.4 Å². The molecule has 30 heavy (non-hydrogen) atoms. The van der Waals surface area contributed by atoms with Crippen LogP contribution in [0.3, 0.4) is 0 Å². The fraction of sp³-hybridized carbons (Fsp3) is 0.381. The van der Waals surface area contributed by atoms with E-state index in [9.17, 15) is 23.3 Å². The van der Waals surface area contributed by atoms with Crippen LogP contribution in [0.2, 0.25) is 0 Å². The van der Waals surface area contributed by atoms with E-state index in [-0.39, 0.29) is 23.9 Å². The van der Waals surface area contributed by atoms with Crippen molar-refractivity contribution in [2.75, 3.05) is 19.6 Å². The van der Waals surface area contributed by atoms with Crippen LogP contribution in [0.4, 0.5) is 5.69 Å². The molecule has 0 aromatic heterocycles. The minimum absolute atomic E-state index is 0.0470. The lowest BCUT2D eigenvalue weighted by molar-refractivity contribution is -0.387. The largest absolute Gasteiger partial charge is 0.338 e. The molecule has 0 bridgehead atoms. The highest BCUT2D eigenvalue weighted by atomic mass is 32.2. The van der Waals surface area contributed by atoms with Crippen LogP contribution in [0.25, 0.3) is 0 Å². The number of para-hydroxylation sites is 1. The van der Waals surface area contributed by atoms with Crippen molar-refractivity contribution in [1.29, 1.82) is 0 Å². The van der Waals surface area contributed by atoms with Crippen LogP contribution in [0.5, 0.6) is 0 Å². The van der Waals surface area contributed by atoms with Gasteiger partial charge in [0.2, 0.25) is 15.9 Å². The molecule has 0 radical (unpaired) electrons. The SMILES string of the molecule is O=C([C@H]1CCCN(S(=O)(=O)c2ccccc2[N+](=O)[O-])C1)N1CCc2ccccc2C1. The number of fused-ring (bicyclic) bond motifs is 1. The Bertz CT molecular complexity index is 1090. The molecule has 2 heterocycles. The molecule has 158 valence electrons. The van der Waals surface area contributed by atoms with Gasteiger partial charge < -0.3 is 4.90 Å². The smallest absolute Gasteiger partial charge is 0.289 e. The molecule has 0 spiro atoms. The molecule has 1 amide bonds. The summed E-state index contributed by atoms with van der Waals surface area (Å²) in [5.41, 5.74) is 1.92. The van der Waals surface area contributed by atoms with Gasteiger partial charge in [0, 0.05) is 32.2 Å². The molecule has 2 aromatic carbocycles. The Morgan fingerprint density at radius 1 is 1.03 bits per heavy atom. The first-order valence-corrected chi connectivity index (χ1v) is 11.4. The Morgan fingerprint density at radius 3 is 2.50 bits per heavy atom. The highest BCUT2D eigenvalue weighted by Crippen LogP contribution is 2.30. The highest BCUT2D eigenvalue weighted by molar-refractivity contribution is 7.89. The van der Waals surface area contributed by atoms with E-state index >= 15 is 0 Å². The first-order valence-electron chi connectivity index (χ1n) is 9.97. The summed E-state index contributed by atoms with van der Waals surface area (Å²) in [6, 6.07) is 13.4. The van der Waals surface area contributed by atoms with Crippen LogP contribution in [0, 0.1) is 16.0 Å². The predicted octanol–water partition coefficient (Wildman–Crippen LogP) is 2.58. The number of piperidine rings is 1. The Morgan fingerprint density at radius 2 is 1.73 bits per heavy atom. The van der Waals surface area contributed by atoms with Crippen molar-refractivity contribution in [2.24, 2.45) is 5.92 Å². The molecular weight excluding hydrogens is 406 g/mol. The minimum atomic E-state index is -4.06. The second kappa shape index (κ2) is 8.16. The average Bonchev–Trinajstić information content (AvgIpc) is 2.78. The topological polar surface area (TPSA) is 101 Å². The second-order valence-electron chi connectivity index (χ2n) is 7.71. The quantitative estimate of drug-likeness (QED) is 0.549. The first-order chi connectivity index (χ1) is 14.4. The summed E-state index contributed by atoms with van der Waals surface area (Å²) in [6.45, 7) is 1.44. The van der Waals surface area contributed by atoms with E-state index in [2.05, 4.69) is 6.07 Å². The summed E-state index contributed by atoms with van der Waals surface area (Å²) < 4.78 is 27.5. The minimum Gasteiger partial charge on any atom is -0.338 e. The Hall–Kier alpha value is -2.78. The number of sulfonamides is 1. The van der Waals surface area contributed by atoms with Gasteiger partial charge in [-0.05, 0) is 36.5 Å². The van der Waals surface area contributed by atoms with E-state index in [1.54, 1.807) is 4.90 Å². The van der Waals surface area contributed by atoms with Gasteiger partial charge in [0.15, 0.2) is 4.90 Å². The number of benzene rings is 2. The molecule has 8 nitrogen and oxygen atoms in total. The van der Waals surface area contributed by atoms with Crippen LogP contribution in [0.1, 0.15) is 24.0 Å². The van der Waals surface area contributed by atoms with Crippen molar-refractivity contribution in [1.82, 2.24) is 9.21 Å². The van der Waals surface area contributed by atoms with Gasteiger partial charge in [-0.15, -0.1) is 0 Å². The highest BCUT2D eigenvalue weighted by Gasteiger charge is 2.38. The fourth-order valence-corrected chi connectivity index (χ4v) is 5.95. The lowest BCUT2D eigenvalue weighted by Gasteiger charge is -2.36. The maximum atomic E-state index is 13.1. The van der Waals surface area contributed by atoms with Gasteiger partial charge in [-0.3, -0.25) is 14.9 Å². The van der Waals surface area contributed by atoms with Gasteiger partial charge >= 0.3 is 0 Å². The Balaban J connectivity index is 1.52. The number of hydrogen-bond acceptors (Lipinski definition) is 5. The average molecular weight is 429 g/mol. The normalized spacial score (nSPS) is 19.9. The molecular formula is C21H23N3O5S. The fourth-order valence-electron chi connectivity index (χ4n) is 4.27. The number of nitro groups is 1. The zero-order chi connectivity index (χ0) is 21.3. The molecule has 0 saturated carbocycles. The number of carbonyl (C=O) groups excluding carboxylic acids is 1. The van der Waals surface area contributed by atoms with Gasteiger partial charge in [-0.2, -0.15) is 4.31 Å². The van der Waals surface area contributed by atoms with Crippen LogP contribution in [-0.2, 0) is 27.8 Å². The predicted molar refractivity (Wildman–Crippen MR) is 110 cm³/mol. The summed E-state index contributed by atoms with van der Waals surface area (Å²) in [6.07, 6.45) is 1.94. The molecule has 0 N–H and O–H groups in total. The molecule has 2 aromatic rings. The zero-order valence-electron chi connectivity index (χ0n) is 16.4. The van der Waals surface area contributed by atoms with Crippen LogP contribution in [0.15, 0.2) is 53.4 Å². The summed E-state index contributed by atoms with van der Waals surface area (Å²) in [4.78, 5) is 25.2. The van der Waals surface area contributed by atoms with E-state index in [0.717, 1.165) is 12.0 Å². The number of carbonyl (C=O) groups is 1. The van der Waals surface area contributed by atoms with E-state index in [1.807, 2.05) is 18.2 Å². The number of nitro benzene ring substituents is 1. The lowest BCUT2D eigenvalue weighted by Crippen LogP contribution is -2.47. The van der Waals surface area contributed by atoms with Crippen LogP contribution in [-0.4, -0.2) is 48.1 Å². The van der Waals surface area contributed by atoms with Crippen molar-refractivity contribution in [3.8, 4) is 0 Å². The molecule has 0 aliphatic carbocycles. The molecule has 1 fully saturated rings. The van der Waals surface area contributed by atoms with Crippen molar-refractivity contribution >= 4 is 21.6 Å². The molecule has 9 heteroatoms. The van der Waals surface area contributed by atoms with Gasteiger partial charge in [0.05, 0.1) is 10.8 Å². The van der Waals surface area contributed by atoms with E-state index in [4.69, 9.17) is 0 Å². The lowest BCUT2D eigenvalue weighted by atomic mass is 9.95. The zero-order valence-corrected chi connectivity index (χ0v) is 17.3. The summed E-state index contributed by atoms with van der Waals surface area (Å²) >= 11 is 0. The van der Waals surface area contributed by atoms with E-state index in [1.165, 1.54) is 34.1 Å². The van der Waals surface area contributed by atoms with E-state index < -0.39 is 26.6 Å². The van der Waals surface area contributed by atoms with Gasteiger partial charge in [-0.25, -0.2) is 8.42 Å². The molecule has 0 unspecified atom stereocenters. The second-order valence-corrected chi connectivity index (χ2v) is 9.61. The van der Waals surface area contributed by atoms with Crippen LogP contribution < -0.4 is 0 Å². The standard InChI is InChI=1S/C21H23N3O5S/c25-21(22-13-11-16-6-1-2-7-17(16)14-22)18-8-5-12-23(15-18)30(28,29)20-10-4-3-9-19(20)24(26)27/h1-4,6-7,9-10,18H,5,8,11-15H2/t18-/m0/s1. The van der Waals surface area contributed by atoms with E-state index in [0.29, 0.717) is 25.9 Å². The maximum Gasteiger partial charge on any atom is 0.289 e. The summed E-state index contributed by atoms with van der Waals surface area (Å²) in [5.74, 6) is -0.492. The number of nitrogens with zero attached hydrogens (tertiary/aromatic N) is 3. The third-order valence-electron chi connectivity index (χ3n) is 5.86. The summed E-state index contributed by atoms with van der Waals surface area (Å²) in [5, 5.41) is 11.3. The Kier molecular flexibility index (Phi) is 5.57. The van der Waals surface area contributed by atoms with Crippen molar-refractivity contribution in [3.05, 3.63) is 69.8 Å². The first kappa shape index (κ1) is 20.5. The summed E-state index contributed by atoms with van der Waals surface area (Å²) in [7, 11) is -4.06. The number of hydrogen-bond donors (Lipinski definition) is 0. The maximum absolute atomic E-state index is 13.1. The molecule has 1 atom stereocenters. The molecule has 1 saturated heterocycles. The number of rotatable bonds is 4. The van der Waals surface area contributed by atoms with Crippen molar-refractivity contribution in [2.45, 2.75) is 30.7 Å². The van der Waals surface area contributed by atoms with Gasteiger partial charge in [0.25, 0.3) is 5.69 Å². The molecule has 2 aliphatic heterocycles. The van der Waals surface area contributed by atoms with Crippen LogP contribution >= 0.6 is 0 Å². The third kappa shape index (κ3) is 3.82. The third-order valence-corrected chi connectivity index (χ3v) is 7.77. The monoisotopic (exact) mass is 429 g/mol. The number of amides is 1. The Labute approximate surface area is 175 Å².